The number of aromatic nitrogens is 3. The number of fused-ring (bicyclic) bond motifs is 1. The van der Waals surface area contributed by atoms with Crippen molar-refractivity contribution in [2.24, 2.45) is 5.92 Å². The van der Waals surface area contributed by atoms with Gasteiger partial charge in [0.25, 0.3) is 0 Å². The Balaban J connectivity index is 0.000000948. The number of benzene rings is 1. The van der Waals surface area contributed by atoms with Gasteiger partial charge in [-0.05, 0) is 30.4 Å². The summed E-state index contributed by atoms with van der Waals surface area (Å²) in [6, 6.07) is 12.5. The molecular weight excluding hydrogens is 326 g/mol. The second-order valence-electron chi connectivity index (χ2n) is 6.59. The zero-order chi connectivity index (χ0) is 18.5. The normalized spacial score (nSPS) is 19.0. The first kappa shape index (κ1) is 17.7. The second-order valence-corrected chi connectivity index (χ2v) is 6.59. The number of nitrogens with two attached hydrogens (primary N) is 1. The Kier molecular flexibility index (Phi) is 5.37. The first-order valence-electron chi connectivity index (χ1n) is 8.79. The number of pyridine rings is 1. The molecule has 0 radical (unpaired) electrons. The Morgan fingerprint density at radius 3 is 2.69 bits per heavy atom. The Bertz CT molecular complexity index is 887. The topological polar surface area (TPSA) is 89.8 Å². The molecule has 6 nitrogen and oxygen atoms in total. The Labute approximate surface area is 153 Å². The summed E-state index contributed by atoms with van der Waals surface area (Å²) in [5.41, 5.74) is 8.33. The lowest BCUT2D eigenvalue weighted by Crippen LogP contribution is -2.13. The molecule has 2 N–H and O–H groups in total. The predicted octanol–water partition coefficient (Wildman–Crippen LogP) is 4.09. The highest BCUT2D eigenvalue weighted by atomic mass is 16.5. The van der Waals surface area contributed by atoms with E-state index in [1.54, 1.807) is 6.20 Å². The van der Waals surface area contributed by atoms with Gasteiger partial charge in [0.2, 0.25) is 5.88 Å². The third-order valence-corrected chi connectivity index (χ3v) is 4.96. The third-order valence-electron chi connectivity index (χ3n) is 4.96. The largest absolute Gasteiger partial charge is 0.472 e. The van der Waals surface area contributed by atoms with Gasteiger partial charge in [-0.25, -0.2) is 10.2 Å². The standard InChI is InChI=1S/C19H22N4O.CHN/c1-13-6-5-9-15(13)23-16-10-11-21-19(17(16)18(20)22-23)24-12-14-7-3-2-4-8-14;1-2/h2-4,7-8,10-11,13,15H,5-6,9,12H2,1H3,(H2,20,22);1H. The van der Waals surface area contributed by atoms with Gasteiger partial charge < -0.3 is 10.5 Å². The van der Waals surface area contributed by atoms with E-state index in [-0.39, 0.29) is 0 Å². The van der Waals surface area contributed by atoms with Crippen molar-refractivity contribution in [2.75, 3.05) is 5.73 Å². The Morgan fingerprint density at radius 1 is 1.23 bits per heavy atom. The van der Waals surface area contributed by atoms with Gasteiger partial charge in [0.1, 0.15) is 12.0 Å². The van der Waals surface area contributed by atoms with Crippen LogP contribution in [0.5, 0.6) is 5.88 Å². The highest BCUT2D eigenvalue weighted by molar-refractivity contribution is 5.93. The molecule has 1 aromatic carbocycles. The van der Waals surface area contributed by atoms with E-state index in [1.165, 1.54) is 12.8 Å². The zero-order valence-corrected chi connectivity index (χ0v) is 14.9. The van der Waals surface area contributed by atoms with E-state index < -0.39 is 0 Å². The number of nitriles is 1. The first-order valence-corrected chi connectivity index (χ1v) is 8.79. The van der Waals surface area contributed by atoms with Crippen molar-refractivity contribution in [1.82, 2.24) is 14.8 Å². The minimum absolute atomic E-state index is 0.411. The number of nitrogens with zero attached hydrogens (tertiary/aromatic N) is 4. The lowest BCUT2D eigenvalue weighted by Gasteiger charge is -2.17. The summed E-state index contributed by atoms with van der Waals surface area (Å²) in [4.78, 5) is 4.39. The summed E-state index contributed by atoms with van der Waals surface area (Å²) in [6.45, 7) is 6.26. The lowest BCUT2D eigenvalue weighted by molar-refractivity contribution is 0.298. The van der Waals surface area contributed by atoms with E-state index in [0.717, 1.165) is 22.9 Å². The van der Waals surface area contributed by atoms with Crippen LogP contribution in [0, 0.1) is 17.8 Å². The van der Waals surface area contributed by atoms with E-state index in [9.17, 15) is 0 Å². The maximum absolute atomic E-state index is 6.50. The van der Waals surface area contributed by atoms with Gasteiger partial charge in [-0.1, -0.05) is 43.7 Å². The quantitative estimate of drug-likeness (QED) is 0.766. The number of hydrogen-bond acceptors (Lipinski definition) is 5. The summed E-state index contributed by atoms with van der Waals surface area (Å²) in [6.07, 6.45) is 5.42. The van der Waals surface area contributed by atoms with E-state index in [1.807, 2.05) is 36.4 Å². The maximum Gasteiger partial charge on any atom is 0.227 e. The Hall–Kier alpha value is -3.07. The molecule has 1 fully saturated rings. The number of hydrogen-bond donors (Lipinski definition) is 1. The van der Waals surface area contributed by atoms with Crippen LogP contribution in [0.2, 0.25) is 0 Å². The van der Waals surface area contributed by atoms with Gasteiger partial charge in [-0.3, -0.25) is 4.68 Å². The molecule has 134 valence electrons. The fraction of sp³-hybridized carbons (Fsp3) is 0.350. The number of anilines is 1. The van der Waals surface area contributed by atoms with Crippen LogP contribution in [0.15, 0.2) is 42.6 Å². The molecule has 4 rings (SSSR count). The van der Waals surface area contributed by atoms with Crippen molar-refractivity contribution in [3.05, 3.63) is 48.2 Å². The summed E-state index contributed by atoms with van der Waals surface area (Å²) in [5, 5.41) is 11.9. The molecule has 2 atom stereocenters. The van der Waals surface area contributed by atoms with Gasteiger partial charge in [0.05, 0.1) is 11.6 Å². The highest BCUT2D eigenvalue weighted by Gasteiger charge is 2.28. The van der Waals surface area contributed by atoms with Gasteiger partial charge in [0.15, 0.2) is 5.82 Å². The van der Waals surface area contributed by atoms with Gasteiger partial charge in [-0.2, -0.15) is 5.10 Å². The molecule has 6 heteroatoms. The van der Waals surface area contributed by atoms with Crippen LogP contribution >= 0.6 is 0 Å². The molecule has 2 aromatic heterocycles. The van der Waals surface area contributed by atoms with Gasteiger partial charge in [0, 0.05) is 12.8 Å². The van der Waals surface area contributed by atoms with E-state index in [2.05, 4.69) is 28.3 Å². The molecule has 1 saturated carbocycles. The molecule has 0 aliphatic heterocycles. The van der Waals surface area contributed by atoms with Crippen molar-refractivity contribution >= 4 is 16.7 Å². The molecule has 0 amide bonds. The molecule has 0 bridgehead atoms. The minimum atomic E-state index is 0.411. The van der Waals surface area contributed by atoms with Crippen LogP contribution in [0.25, 0.3) is 10.9 Å². The fourth-order valence-corrected chi connectivity index (χ4v) is 3.66. The predicted molar refractivity (Wildman–Crippen MR) is 101 cm³/mol. The van der Waals surface area contributed by atoms with Crippen LogP contribution < -0.4 is 10.5 Å². The van der Waals surface area contributed by atoms with Gasteiger partial charge >= 0.3 is 0 Å². The summed E-state index contributed by atoms with van der Waals surface area (Å²) in [7, 11) is 0. The fourth-order valence-electron chi connectivity index (χ4n) is 3.66. The molecule has 1 aliphatic carbocycles. The molecule has 0 saturated heterocycles. The monoisotopic (exact) mass is 349 g/mol. The first-order chi connectivity index (χ1) is 12.7. The minimum Gasteiger partial charge on any atom is -0.472 e. The van der Waals surface area contributed by atoms with E-state index in [4.69, 9.17) is 15.7 Å². The number of rotatable bonds is 4. The van der Waals surface area contributed by atoms with Crippen molar-refractivity contribution in [2.45, 2.75) is 38.8 Å². The van der Waals surface area contributed by atoms with Crippen molar-refractivity contribution in [3.8, 4) is 12.5 Å². The van der Waals surface area contributed by atoms with Crippen LogP contribution in [0.3, 0.4) is 0 Å². The van der Waals surface area contributed by atoms with Crippen molar-refractivity contribution < 1.29 is 4.74 Å². The molecule has 26 heavy (non-hydrogen) atoms. The Morgan fingerprint density at radius 2 is 2.00 bits per heavy atom. The molecule has 0 spiro atoms. The number of ether oxygens (including phenoxy) is 1. The smallest absolute Gasteiger partial charge is 0.227 e. The van der Waals surface area contributed by atoms with E-state index >= 15 is 0 Å². The van der Waals surface area contributed by atoms with Crippen LogP contribution in [0.1, 0.15) is 37.8 Å². The van der Waals surface area contributed by atoms with Gasteiger partial charge in [-0.15, -0.1) is 0 Å². The zero-order valence-electron chi connectivity index (χ0n) is 14.9. The van der Waals surface area contributed by atoms with Crippen LogP contribution in [-0.4, -0.2) is 14.8 Å². The average molecular weight is 349 g/mol. The molecule has 2 heterocycles. The van der Waals surface area contributed by atoms with Crippen molar-refractivity contribution in [3.63, 3.8) is 0 Å². The summed E-state index contributed by atoms with van der Waals surface area (Å²) >= 11 is 0. The van der Waals surface area contributed by atoms with Crippen LogP contribution in [-0.2, 0) is 6.61 Å². The average Bonchev–Trinajstić information content (AvgIpc) is 3.26. The number of nitrogen functional groups attached to an aromatic ring is 1. The second kappa shape index (κ2) is 7.87. The molecule has 2 unspecified atom stereocenters. The molecule has 3 aromatic rings. The summed E-state index contributed by atoms with van der Waals surface area (Å²) < 4.78 is 8.03. The summed E-state index contributed by atoms with van der Waals surface area (Å²) in [5.74, 6) is 1.68. The van der Waals surface area contributed by atoms with Crippen molar-refractivity contribution in [1.29, 1.82) is 5.26 Å². The highest BCUT2D eigenvalue weighted by Crippen LogP contribution is 2.39. The maximum atomic E-state index is 6.50. The van der Waals surface area contributed by atoms with E-state index in [0.29, 0.717) is 30.3 Å². The SMILES string of the molecule is C#N.CC1CCCC1n1nc(N)c2c(OCc3ccccc3)nccc21. The molecular formula is C20H23N5O. The third kappa shape index (κ3) is 3.33. The van der Waals surface area contributed by atoms with Crippen LogP contribution in [0.4, 0.5) is 5.82 Å². The lowest BCUT2D eigenvalue weighted by atomic mass is 10.1. The molecule has 1 aliphatic rings.